The van der Waals surface area contributed by atoms with Gasteiger partial charge in [0.1, 0.15) is 0 Å². The third-order valence-electron chi connectivity index (χ3n) is 4.88. The normalized spacial score (nSPS) is 16.5. The molecule has 0 spiro atoms. The summed E-state index contributed by atoms with van der Waals surface area (Å²) in [5, 5.41) is 5.49. The number of ether oxygens (including phenoxy) is 1. The molecule has 5 N–H and O–H groups in total. The molecule has 0 radical (unpaired) electrons. The van der Waals surface area contributed by atoms with Gasteiger partial charge in [-0.2, -0.15) is 0 Å². The van der Waals surface area contributed by atoms with Crippen molar-refractivity contribution in [3.8, 4) is 0 Å². The van der Waals surface area contributed by atoms with E-state index in [4.69, 9.17) is 10.6 Å². The Balaban J connectivity index is 1.42. The molecule has 1 heterocycles. The van der Waals surface area contributed by atoms with Gasteiger partial charge in [-0.15, -0.1) is 0 Å². The number of rotatable bonds is 7. The van der Waals surface area contributed by atoms with Crippen molar-refractivity contribution in [2.75, 3.05) is 26.2 Å². The third-order valence-corrected chi connectivity index (χ3v) is 4.88. The van der Waals surface area contributed by atoms with Gasteiger partial charge in [-0.05, 0) is 35.4 Å². The molecule has 2 aromatic carbocycles. The van der Waals surface area contributed by atoms with Crippen LogP contribution >= 0.6 is 0 Å². The number of hydrogen-bond acceptors (Lipinski definition) is 5. The number of nitrogens with zero attached hydrogens (tertiary/aromatic N) is 1. The van der Waals surface area contributed by atoms with Crippen molar-refractivity contribution in [2.45, 2.75) is 19.2 Å². The van der Waals surface area contributed by atoms with Gasteiger partial charge in [0.25, 0.3) is 5.91 Å². The number of morpholine rings is 1. The summed E-state index contributed by atoms with van der Waals surface area (Å²) in [6, 6.07) is 10.3. The smallest absolute Gasteiger partial charge is 0.315 e. The lowest BCUT2D eigenvalue weighted by atomic mass is 10.1. The maximum Gasteiger partial charge on any atom is 0.315 e. The average Bonchev–Trinajstić information content (AvgIpc) is 2.78. The molecule has 0 aliphatic carbocycles. The van der Waals surface area contributed by atoms with Crippen molar-refractivity contribution < 1.29 is 23.1 Å². The molecule has 1 atom stereocenters. The van der Waals surface area contributed by atoms with Gasteiger partial charge < -0.3 is 15.4 Å². The van der Waals surface area contributed by atoms with Crippen LogP contribution in [-0.2, 0) is 17.8 Å². The number of nitrogen functional groups attached to an aromatic ring is 1. The second-order valence-electron chi connectivity index (χ2n) is 7.21. The molecule has 1 fully saturated rings. The highest BCUT2D eigenvalue weighted by molar-refractivity contribution is 5.93. The number of nitrogens with two attached hydrogens (primary N) is 1. The fourth-order valence-electron chi connectivity index (χ4n) is 3.30. The minimum absolute atomic E-state index is 0.221. The van der Waals surface area contributed by atoms with Gasteiger partial charge in [0.15, 0.2) is 11.6 Å². The molecule has 31 heavy (non-hydrogen) atoms. The van der Waals surface area contributed by atoms with Gasteiger partial charge >= 0.3 is 6.03 Å². The number of benzene rings is 2. The van der Waals surface area contributed by atoms with Crippen LogP contribution < -0.4 is 21.9 Å². The molecule has 0 unspecified atom stereocenters. The molecule has 8 nitrogen and oxygen atoms in total. The van der Waals surface area contributed by atoms with Gasteiger partial charge in [0.05, 0.1) is 12.7 Å². The van der Waals surface area contributed by atoms with E-state index in [9.17, 15) is 18.4 Å². The van der Waals surface area contributed by atoms with Crippen LogP contribution in [0.25, 0.3) is 0 Å². The zero-order chi connectivity index (χ0) is 22.2. The minimum Gasteiger partial charge on any atom is -0.374 e. The summed E-state index contributed by atoms with van der Waals surface area (Å²) in [7, 11) is 0. The summed E-state index contributed by atoms with van der Waals surface area (Å²) in [5.41, 5.74) is 3.89. The highest BCUT2D eigenvalue weighted by Crippen LogP contribution is 2.13. The Hall–Kier alpha value is -3.08. The van der Waals surface area contributed by atoms with E-state index in [-0.39, 0.29) is 18.7 Å². The lowest BCUT2D eigenvalue weighted by Gasteiger charge is -2.33. The molecule has 3 amide bonds. The van der Waals surface area contributed by atoms with Crippen molar-refractivity contribution >= 4 is 11.9 Å². The first-order chi connectivity index (χ1) is 14.9. The highest BCUT2D eigenvalue weighted by atomic mass is 19.2. The molecule has 166 valence electrons. The van der Waals surface area contributed by atoms with Crippen molar-refractivity contribution in [3.05, 3.63) is 70.8 Å². The molecular formula is C21H25F2N5O3. The summed E-state index contributed by atoms with van der Waals surface area (Å²) in [5.74, 6) is 2.98. The van der Waals surface area contributed by atoms with Gasteiger partial charge in [-0.3, -0.25) is 15.1 Å². The summed E-state index contributed by atoms with van der Waals surface area (Å²) in [4.78, 5) is 25.7. The molecule has 2 aromatic rings. The first kappa shape index (κ1) is 22.6. The van der Waals surface area contributed by atoms with Gasteiger partial charge in [-0.1, -0.05) is 18.2 Å². The first-order valence-electron chi connectivity index (χ1n) is 9.84. The predicted molar refractivity (Wildman–Crippen MR) is 110 cm³/mol. The second-order valence-corrected chi connectivity index (χ2v) is 7.21. The second kappa shape index (κ2) is 10.8. The summed E-state index contributed by atoms with van der Waals surface area (Å²) in [6.45, 7) is 2.70. The quantitative estimate of drug-likeness (QED) is 0.299. The lowest BCUT2D eigenvalue weighted by Crippen LogP contribution is -2.48. The van der Waals surface area contributed by atoms with Gasteiger partial charge in [-0.25, -0.2) is 19.4 Å². The van der Waals surface area contributed by atoms with E-state index in [0.29, 0.717) is 43.9 Å². The molecule has 3 rings (SSSR count). The van der Waals surface area contributed by atoms with Crippen molar-refractivity contribution in [1.29, 1.82) is 0 Å². The fraction of sp³-hybridized carbons (Fsp3) is 0.333. The summed E-state index contributed by atoms with van der Waals surface area (Å²) in [6.07, 6.45) is -0.221. The summed E-state index contributed by atoms with van der Waals surface area (Å²) >= 11 is 0. The van der Waals surface area contributed by atoms with Crippen LogP contribution in [0.4, 0.5) is 13.6 Å². The van der Waals surface area contributed by atoms with E-state index in [1.54, 1.807) is 30.3 Å². The third kappa shape index (κ3) is 6.71. The minimum atomic E-state index is -0.867. The fourth-order valence-corrected chi connectivity index (χ4v) is 3.30. The summed E-state index contributed by atoms with van der Waals surface area (Å²) < 4.78 is 32.2. The first-order valence-corrected chi connectivity index (χ1v) is 9.84. The van der Waals surface area contributed by atoms with E-state index >= 15 is 0 Å². The van der Waals surface area contributed by atoms with Crippen molar-refractivity contribution in [3.63, 3.8) is 0 Å². The number of urea groups is 1. The topological polar surface area (TPSA) is 109 Å². The maximum atomic E-state index is 13.4. The zero-order valence-electron chi connectivity index (χ0n) is 16.9. The van der Waals surface area contributed by atoms with Crippen LogP contribution in [-0.4, -0.2) is 49.2 Å². The number of hydrogen-bond donors (Lipinski definition) is 4. The standard InChI is InChI=1S/C21H25F2N5O3/c22-18-5-4-15(9-19(18)23)12-28-6-7-31-17(13-28)11-26-21(30)25-10-14-2-1-3-16(8-14)20(29)27-24/h1-5,8-9,17H,6-7,10-13,24H2,(H,27,29)(H2,25,26,30)/t17-/m0/s1. The van der Waals surface area contributed by atoms with Crippen molar-refractivity contribution in [2.24, 2.45) is 5.84 Å². The zero-order valence-corrected chi connectivity index (χ0v) is 16.9. The van der Waals surface area contributed by atoms with E-state index in [1.807, 2.05) is 0 Å². The Morgan fingerprint density at radius 2 is 1.94 bits per heavy atom. The van der Waals surface area contributed by atoms with Crippen LogP contribution in [0.1, 0.15) is 21.5 Å². The number of halogens is 2. The van der Waals surface area contributed by atoms with Crippen LogP contribution in [0.5, 0.6) is 0 Å². The molecule has 1 aliphatic rings. The molecule has 0 aromatic heterocycles. The Bertz CT molecular complexity index is 928. The Kier molecular flexibility index (Phi) is 7.88. The molecule has 0 saturated carbocycles. The van der Waals surface area contributed by atoms with Crippen molar-refractivity contribution in [1.82, 2.24) is 21.0 Å². The van der Waals surface area contributed by atoms with E-state index in [0.717, 1.165) is 11.6 Å². The lowest BCUT2D eigenvalue weighted by molar-refractivity contribution is -0.0287. The molecule has 1 saturated heterocycles. The van der Waals surface area contributed by atoms with E-state index in [1.165, 1.54) is 6.07 Å². The SMILES string of the molecule is NNC(=O)c1cccc(CNC(=O)NC[C@H]2CN(Cc3ccc(F)c(F)c3)CCO2)c1. The molecule has 0 bridgehead atoms. The maximum absolute atomic E-state index is 13.4. The number of carbonyl (C=O) groups is 2. The number of carbonyl (C=O) groups excluding carboxylic acids is 2. The number of nitrogens with one attached hydrogen (secondary N) is 3. The predicted octanol–water partition coefficient (Wildman–Crippen LogP) is 1.27. The van der Waals surface area contributed by atoms with Gasteiger partial charge in [0.2, 0.25) is 0 Å². The average molecular weight is 433 g/mol. The monoisotopic (exact) mass is 433 g/mol. The Morgan fingerprint density at radius 1 is 1.10 bits per heavy atom. The Labute approximate surface area is 178 Å². The van der Waals surface area contributed by atoms with E-state index in [2.05, 4.69) is 21.0 Å². The highest BCUT2D eigenvalue weighted by Gasteiger charge is 2.21. The molecule has 1 aliphatic heterocycles. The van der Waals surface area contributed by atoms with Crippen LogP contribution in [0.15, 0.2) is 42.5 Å². The Morgan fingerprint density at radius 3 is 2.71 bits per heavy atom. The number of hydrazine groups is 1. The van der Waals surface area contributed by atoms with Gasteiger partial charge in [0, 0.05) is 38.3 Å². The number of amides is 3. The molecular weight excluding hydrogens is 408 g/mol. The molecule has 10 heteroatoms. The van der Waals surface area contributed by atoms with Crippen LogP contribution in [0.3, 0.4) is 0 Å². The van der Waals surface area contributed by atoms with Crippen LogP contribution in [0.2, 0.25) is 0 Å². The largest absolute Gasteiger partial charge is 0.374 e. The van der Waals surface area contributed by atoms with Crippen LogP contribution in [0, 0.1) is 11.6 Å². The van der Waals surface area contributed by atoms with E-state index < -0.39 is 17.5 Å².